The van der Waals surface area contributed by atoms with Gasteiger partial charge >= 0.3 is 5.97 Å². The number of hydrogen-bond acceptors (Lipinski definition) is 2. The molecule has 0 aliphatic carbocycles. The molecule has 0 amide bonds. The lowest BCUT2D eigenvalue weighted by Gasteiger charge is -2.19. The smallest absolute Gasteiger partial charge is 0.304 e. The monoisotopic (exact) mass is 210 g/mol. The van der Waals surface area contributed by atoms with Crippen LogP contribution < -0.4 is 0 Å². The van der Waals surface area contributed by atoms with Gasteiger partial charge in [0.2, 0.25) is 0 Å². The summed E-state index contributed by atoms with van der Waals surface area (Å²) in [6.07, 6.45) is 3.89. The Kier molecular flexibility index (Phi) is 3.50. The summed E-state index contributed by atoms with van der Waals surface area (Å²) < 4.78 is 0. The van der Waals surface area contributed by atoms with E-state index in [9.17, 15) is 4.79 Å². The topological polar surface area (TPSA) is 66.0 Å². The van der Waals surface area contributed by atoms with Gasteiger partial charge in [0, 0.05) is 17.3 Å². The molecular formula is C11H18N2O2. The Bertz CT molecular complexity index is 342. The molecule has 1 rings (SSSR count). The standard InChI is InChI=1S/C11H18N2O2/c1-4-5-8-7-12-10(13-8)11(2,3)6-9(14)15/h7H,4-6H2,1-3H3,(H,12,13)(H,14,15). The molecule has 1 aromatic rings. The number of hydrogen-bond donors (Lipinski definition) is 2. The molecule has 1 heterocycles. The van der Waals surface area contributed by atoms with E-state index in [2.05, 4.69) is 16.9 Å². The normalized spacial score (nSPS) is 11.7. The van der Waals surface area contributed by atoms with Crippen molar-refractivity contribution in [1.29, 1.82) is 0 Å². The largest absolute Gasteiger partial charge is 0.481 e. The predicted octanol–water partition coefficient (Wildman–Crippen LogP) is 2.11. The number of carboxylic acids is 1. The molecule has 0 aliphatic heterocycles. The second-order valence-corrected chi connectivity index (χ2v) is 4.46. The number of aryl methyl sites for hydroxylation is 1. The summed E-state index contributed by atoms with van der Waals surface area (Å²) >= 11 is 0. The van der Waals surface area contributed by atoms with Gasteiger partial charge in [0.1, 0.15) is 5.82 Å². The van der Waals surface area contributed by atoms with Gasteiger partial charge in [-0.05, 0) is 6.42 Å². The number of nitrogens with one attached hydrogen (secondary N) is 1. The third-order valence-corrected chi connectivity index (χ3v) is 2.38. The number of nitrogens with zero attached hydrogens (tertiary/aromatic N) is 1. The highest BCUT2D eigenvalue weighted by Crippen LogP contribution is 2.24. The van der Waals surface area contributed by atoms with Crippen molar-refractivity contribution in [3.05, 3.63) is 17.7 Å². The number of imidazole rings is 1. The van der Waals surface area contributed by atoms with Crippen molar-refractivity contribution in [2.24, 2.45) is 0 Å². The lowest BCUT2D eigenvalue weighted by molar-refractivity contribution is -0.138. The third-order valence-electron chi connectivity index (χ3n) is 2.38. The fourth-order valence-electron chi connectivity index (χ4n) is 1.56. The van der Waals surface area contributed by atoms with Crippen LogP contribution in [0.2, 0.25) is 0 Å². The fourth-order valence-corrected chi connectivity index (χ4v) is 1.56. The molecule has 2 N–H and O–H groups in total. The number of aromatic nitrogens is 2. The molecule has 0 aliphatic rings. The van der Waals surface area contributed by atoms with Gasteiger partial charge in [-0.2, -0.15) is 0 Å². The minimum absolute atomic E-state index is 0.0894. The zero-order valence-electron chi connectivity index (χ0n) is 9.50. The number of aromatic amines is 1. The van der Waals surface area contributed by atoms with Crippen LogP contribution in [0.5, 0.6) is 0 Å². The number of carboxylic acid groups (broad SMARTS) is 1. The van der Waals surface area contributed by atoms with Crippen molar-refractivity contribution in [1.82, 2.24) is 9.97 Å². The molecule has 0 saturated carbocycles. The molecule has 0 radical (unpaired) electrons. The summed E-state index contributed by atoms with van der Waals surface area (Å²) in [5.41, 5.74) is 0.642. The third kappa shape index (κ3) is 3.08. The van der Waals surface area contributed by atoms with Crippen molar-refractivity contribution in [3.8, 4) is 0 Å². The maximum Gasteiger partial charge on any atom is 0.304 e. The molecule has 15 heavy (non-hydrogen) atoms. The first-order chi connectivity index (χ1) is 6.95. The van der Waals surface area contributed by atoms with Crippen LogP contribution in [-0.4, -0.2) is 21.0 Å². The Balaban J connectivity index is 2.80. The van der Waals surface area contributed by atoms with Gasteiger partial charge in [0.25, 0.3) is 0 Å². The van der Waals surface area contributed by atoms with Gasteiger partial charge in [-0.1, -0.05) is 27.2 Å². The van der Waals surface area contributed by atoms with Gasteiger partial charge in [-0.15, -0.1) is 0 Å². The van der Waals surface area contributed by atoms with E-state index in [1.54, 1.807) is 6.20 Å². The molecule has 1 aromatic heterocycles. The zero-order chi connectivity index (χ0) is 11.5. The second kappa shape index (κ2) is 4.47. The molecule has 84 valence electrons. The zero-order valence-corrected chi connectivity index (χ0v) is 9.50. The average Bonchev–Trinajstić information content (AvgIpc) is 2.51. The van der Waals surface area contributed by atoms with E-state index < -0.39 is 11.4 Å². The summed E-state index contributed by atoms with van der Waals surface area (Å²) in [4.78, 5) is 18.1. The molecule has 0 bridgehead atoms. The van der Waals surface area contributed by atoms with Crippen molar-refractivity contribution >= 4 is 5.97 Å². The molecule has 0 atom stereocenters. The lowest BCUT2D eigenvalue weighted by Crippen LogP contribution is -2.23. The van der Waals surface area contributed by atoms with Crippen molar-refractivity contribution < 1.29 is 9.90 Å². The fraction of sp³-hybridized carbons (Fsp3) is 0.636. The Morgan fingerprint density at radius 1 is 1.60 bits per heavy atom. The molecule has 4 nitrogen and oxygen atoms in total. The summed E-state index contributed by atoms with van der Waals surface area (Å²) in [5, 5.41) is 8.78. The summed E-state index contributed by atoms with van der Waals surface area (Å²) in [5.74, 6) is -0.0400. The van der Waals surface area contributed by atoms with Crippen molar-refractivity contribution in [2.45, 2.75) is 45.4 Å². The van der Waals surface area contributed by atoms with E-state index in [1.165, 1.54) is 0 Å². The van der Waals surface area contributed by atoms with Crippen LogP contribution in [0.1, 0.15) is 45.1 Å². The van der Waals surface area contributed by atoms with E-state index in [-0.39, 0.29) is 6.42 Å². The van der Waals surface area contributed by atoms with Gasteiger partial charge in [0.05, 0.1) is 6.42 Å². The Morgan fingerprint density at radius 3 is 2.80 bits per heavy atom. The Morgan fingerprint density at radius 2 is 2.27 bits per heavy atom. The van der Waals surface area contributed by atoms with Crippen LogP contribution in [-0.2, 0) is 16.6 Å². The van der Waals surface area contributed by atoms with E-state index in [0.29, 0.717) is 0 Å². The van der Waals surface area contributed by atoms with Crippen molar-refractivity contribution in [3.63, 3.8) is 0 Å². The first kappa shape index (κ1) is 11.8. The van der Waals surface area contributed by atoms with Crippen LogP contribution in [0.3, 0.4) is 0 Å². The van der Waals surface area contributed by atoms with Crippen LogP contribution in [0, 0.1) is 0 Å². The molecule has 4 heteroatoms. The average molecular weight is 210 g/mol. The highest BCUT2D eigenvalue weighted by Gasteiger charge is 2.27. The van der Waals surface area contributed by atoms with Crippen LogP contribution in [0.25, 0.3) is 0 Å². The van der Waals surface area contributed by atoms with E-state index in [4.69, 9.17) is 5.11 Å². The highest BCUT2D eigenvalue weighted by atomic mass is 16.4. The summed E-state index contributed by atoms with van der Waals surface area (Å²) in [6, 6.07) is 0. The number of carbonyl (C=O) groups is 1. The summed E-state index contributed by atoms with van der Waals surface area (Å²) in [7, 11) is 0. The first-order valence-corrected chi connectivity index (χ1v) is 5.22. The molecule has 0 unspecified atom stereocenters. The SMILES string of the molecule is CCCc1cnc(C(C)(C)CC(=O)O)[nH]1. The molecule has 0 saturated heterocycles. The highest BCUT2D eigenvalue weighted by molar-refractivity contribution is 5.68. The van der Waals surface area contributed by atoms with Gasteiger partial charge in [-0.3, -0.25) is 4.79 Å². The van der Waals surface area contributed by atoms with Gasteiger partial charge < -0.3 is 10.1 Å². The maximum absolute atomic E-state index is 10.7. The number of rotatable bonds is 5. The van der Waals surface area contributed by atoms with Gasteiger partial charge in [-0.25, -0.2) is 4.98 Å². The van der Waals surface area contributed by atoms with Crippen LogP contribution in [0.4, 0.5) is 0 Å². The minimum atomic E-state index is -0.798. The Labute approximate surface area is 89.7 Å². The molecule has 0 aromatic carbocycles. The molecule has 0 spiro atoms. The van der Waals surface area contributed by atoms with E-state index in [0.717, 1.165) is 24.4 Å². The van der Waals surface area contributed by atoms with E-state index >= 15 is 0 Å². The Hall–Kier alpha value is -1.32. The van der Waals surface area contributed by atoms with Gasteiger partial charge in [0.15, 0.2) is 0 Å². The van der Waals surface area contributed by atoms with Crippen LogP contribution >= 0.6 is 0 Å². The predicted molar refractivity (Wildman–Crippen MR) is 57.9 cm³/mol. The lowest BCUT2D eigenvalue weighted by atomic mass is 9.88. The number of H-pyrrole nitrogens is 1. The maximum atomic E-state index is 10.7. The quantitative estimate of drug-likeness (QED) is 0.782. The first-order valence-electron chi connectivity index (χ1n) is 5.22. The summed E-state index contributed by atoms with van der Waals surface area (Å²) in [6.45, 7) is 5.87. The molecular weight excluding hydrogens is 192 g/mol. The minimum Gasteiger partial charge on any atom is -0.481 e. The molecule has 0 fully saturated rings. The number of aliphatic carboxylic acids is 1. The van der Waals surface area contributed by atoms with Crippen LogP contribution in [0.15, 0.2) is 6.20 Å². The second-order valence-electron chi connectivity index (χ2n) is 4.46. The van der Waals surface area contributed by atoms with E-state index in [1.807, 2.05) is 13.8 Å². The van der Waals surface area contributed by atoms with Crippen molar-refractivity contribution in [2.75, 3.05) is 0 Å².